The smallest absolute Gasteiger partial charge is 0.243 e. The van der Waals surface area contributed by atoms with Crippen molar-refractivity contribution in [1.82, 2.24) is 4.57 Å². The molecule has 13 heavy (non-hydrogen) atoms. The molecule has 1 heterocycles. The first-order chi connectivity index (χ1) is 5.83. The van der Waals surface area contributed by atoms with Gasteiger partial charge >= 0.3 is 0 Å². The zero-order chi connectivity index (χ0) is 10.5. The van der Waals surface area contributed by atoms with E-state index in [1.54, 1.807) is 0 Å². The van der Waals surface area contributed by atoms with Gasteiger partial charge in [-0.2, -0.15) is 0 Å². The van der Waals surface area contributed by atoms with Gasteiger partial charge in [0.05, 0.1) is 13.6 Å². The molecule has 0 aromatic carbocycles. The van der Waals surface area contributed by atoms with E-state index in [0.717, 1.165) is 6.54 Å². The van der Waals surface area contributed by atoms with Crippen LogP contribution in [0.15, 0.2) is 18.7 Å². The van der Waals surface area contributed by atoms with Gasteiger partial charge in [-0.15, -0.1) is 0 Å². The van der Waals surface area contributed by atoms with Crippen molar-refractivity contribution in [2.75, 3.05) is 0 Å². The molecule has 0 amide bonds. The second-order valence-electron chi connectivity index (χ2n) is 2.34. The van der Waals surface area contributed by atoms with Gasteiger partial charge in [0.2, 0.25) is 16.7 Å². The summed E-state index contributed by atoms with van der Waals surface area (Å²) < 4.78 is 37.0. The molecule has 1 N–H and O–H groups in total. The van der Waals surface area contributed by atoms with E-state index < -0.39 is 10.4 Å². The highest BCUT2D eigenvalue weighted by molar-refractivity contribution is 7.79. The average Bonchev–Trinajstić information content (AvgIpc) is 2.31. The fourth-order valence-corrected chi connectivity index (χ4v) is 0.689. The third-order valence-electron chi connectivity index (χ3n) is 1.19. The molecule has 0 radical (unpaired) electrons. The molecular formula is C6H12N2O4S. The van der Waals surface area contributed by atoms with E-state index in [9.17, 15) is 0 Å². The lowest BCUT2D eigenvalue weighted by Gasteiger charge is -1.88. The van der Waals surface area contributed by atoms with Crippen molar-refractivity contribution in [3.05, 3.63) is 18.7 Å². The molecule has 1 aromatic heterocycles. The highest BCUT2D eigenvalue weighted by atomic mass is 32.3. The normalized spacial score (nSPS) is 10.5. The minimum absolute atomic E-state index is 1.06. The monoisotopic (exact) mass is 208 g/mol. The van der Waals surface area contributed by atoms with Crippen molar-refractivity contribution in [3.63, 3.8) is 0 Å². The molecule has 1 aromatic rings. The Labute approximate surface area is 77.0 Å². The Morgan fingerprint density at radius 1 is 1.62 bits per heavy atom. The molecule has 0 saturated heterocycles. The summed E-state index contributed by atoms with van der Waals surface area (Å²) >= 11 is 0. The Kier molecular flexibility index (Phi) is 4.60. The van der Waals surface area contributed by atoms with Crippen molar-refractivity contribution < 1.29 is 22.1 Å². The van der Waals surface area contributed by atoms with Crippen molar-refractivity contribution in [2.24, 2.45) is 7.05 Å². The summed E-state index contributed by atoms with van der Waals surface area (Å²) in [5, 5.41) is 0. The standard InChI is InChI=1S/C6H11N2.H2O4S/c1-3-8-5-4-7(2)6-8;1-5(2,3)4/h4-6H,3H2,1-2H3;(H2,1,2,3,4)/q+1;/p-1. The number of aryl methyl sites for hydroxylation is 2. The number of imidazole rings is 1. The first kappa shape index (κ1) is 12.1. The summed E-state index contributed by atoms with van der Waals surface area (Å²) in [5.41, 5.74) is 0. The molecule has 0 aliphatic carbocycles. The third-order valence-corrected chi connectivity index (χ3v) is 1.19. The van der Waals surface area contributed by atoms with Crippen LogP contribution in [0.5, 0.6) is 0 Å². The average molecular weight is 208 g/mol. The Balaban J connectivity index is 0.000000252. The topological polar surface area (TPSA) is 86.2 Å². The van der Waals surface area contributed by atoms with Crippen LogP contribution in [0.4, 0.5) is 0 Å². The van der Waals surface area contributed by atoms with Gasteiger partial charge in [0.1, 0.15) is 12.4 Å². The number of rotatable bonds is 1. The Morgan fingerprint density at radius 2 is 2.08 bits per heavy atom. The van der Waals surface area contributed by atoms with Crippen LogP contribution < -0.4 is 4.57 Å². The van der Waals surface area contributed by atoms with E-state index in [1.165, 1.54) is 0 Å². The summed E-state index contributed by atoms with van der Waals surface area (Å²) in [7, 11) is -2.90. The molecule has 0 bridgehead atoms. The maximum atomic E-state index is 8.63. The molecule has 0 aliphatic rings. The Morgan fingerprint density at radius 3 is 2.23 bits per heavy atom. The van der Waals surface area contributed by atoms with Crippen LogP contribution in [-0.4, -0.2) is 22.1 Å². The second kappa shape index (κ2) is 4.95. The maximum Gasteiger partial charge on any atom is 0.243 e. The van der Waals surface area contributed by atoms with Gasteiger partial charge in [-0.05, 0) is 6.92 Å². The van der Waals surface area contributed by atoms with Gasteiger partial charge in [0.15, 0.2) is 0 Å². The van der Waals surface area contributed by atoms with Crippen LogP contribution in [0.3, 0.4) is 0 Å². The van der Waals surface area contributed by atoms with E-state index in [2.05, 4.69) is 24.0 Å². The molecule has 0 fully saturated rings. The van der Waals surface area contributed by atoms with E-state index in [4.69, 9.17) is 17.5 Å². The Bertz CT molecular complexity index is 335. The summed E-state index contributed by atoms with van der Waals surface area (Å²) in [5.74, 6) is 0. The molecule has 76 valence electrons. The van der Waals surface area contributed by atoms with Gasteiger partial charge in [-0.25, -0.2) is 17.6 Å². The molecule has 0 saturated carbocycles. The molecule has 0 spiro atoms. The summed E-state index contributed by atoms with van der Waals surface area (Å²) in [4.78, 5) is 0. The van der Waals surface area contributed by atoms with Gasteiger partial charge in [-0.1, -0.05) is 0 Å². The number of aromatic nitrogens is 2. The number of hydrogen-bond acceptors (Lipinski definition) is 3. The molecule has 0 atom stereocenters. The van der Waals surface area contributed by atoms with E-state index in [-0.39, 0.29) is 0 Å². The van der Waals surface area contributed by atoms with Crippen LogP contribution >= 0.6 is 0 Å². The Hall–Kier alpha value is -0.920. The van der Waals surface area contributed by atoms with Crippen LogP contribution in [0.25, 0.3) is 0 Å². The minimum atomic E-state index is -4.92. The molecule has 1 rings (SSSR count). The van der Waals surface area contributed by atoms with Crippen molar-refractivity contribution >= 4 is 10.4 Å². The predicted molar refractivity (Wildman–Crippen MR) is 43.6 cm³/mol. The minimum Gasteiger partial charge on any atom is -0.726 e. The van der Waals surface area contributed by atoms with Crippen molar-refractivity contribution in [3.8, 4) is 0 Å². The molecule has 0 aliphatic heterocycles. The fourth-order valence-electron chi connectivity index (χ4n) is 0.689. The highest BCUT2D eigenvalue weighted by Gasteiger charge is 1.92. The largest absolute Gasteiger partial charge is 0.726 e. The van der Waals surface area contributed by atoms with Gasteiger partial charge in [0.25, 0.3) is 0 Å². The van der Waals surface area contributed by atoms with Crippen LogP contribution in [0.1, 0.15) is 6.92 Å². The first-order valence-corrected chi connectivity index (χ1v) is 4.88. The van der Waals surface area contributed by atoms with Crippen LogP contribution in [-0.2, 0) is 24.0 Å². The lowest BCUT2D eigenvalue weighted by molar-refractivity contribution is -0.671. The third kappa shape index (κ3) is 8.99. The predicted octanol–water partition coefficient (Wildman–Crippen LogP) is -0.663. The maximum absolute atomic E-state index is 8.63. The van der Waals surface area contributed by atoms with Gasteiger partial charge in [-0.3, -0.25) is 4.55 Å². The summed E-state index contributed by atoms with van der Waals surface area (Å²) in [6.07, 6.45) is 6.14. The van der Waals surface area contributed by atoms with E-state index >= 15 is 0 Å². The molecule has 7 heteroatoms. The van der Waals surface area contributed by atoms with Crippen molar-refractivity contribution in [1.29, 1.82) is 0 Å². The van der Waals surface area contributed by atoms with Crippen LogP contribution in [0.2, 0.25) is 0 Å². The SMILES string of the molecule is CCn1cc[n+](C)c1.O=S(=O)([O-])O. The van der Waals surface area contributed by atoms with E-state index in [0.29, 0.717) is 0 Å². The molecular weight excluding hydrogens is 196 g/mol. The molecule has 0 unspecified atom stereocenters. The van der Waals surface area contributed by atoms with Gasteiger partial charge in [0, 0.05) is 0 Å². The zero-order valence-electron chi connectivity index (χ0n) is 7.41. The zero-order valence-corrected chi connectivity index (χ0v) is 8.23. The van der Waals surface area contributed by atoms with Crippen LogP contribution in [0, 0.1) is 0 Å². The number of hydrogen-bond donors (Lipinski definition) is 1. The summed E-state index contributed by atoms with van der Waals surface area (Å²) in [6.45, 7) is 3.18. The van der Waals surface area contributed by atoms with E-state index in [1.807, 2.05) is 17.8 Å². The summed E-state index contributed by atoms with van der Waals surface area (Å²) in [6, 6.07) is 0. The lowest BCUT2D eigenvalue weighted by Crippen LogP contribution is -2.23. The molecule has 6 nitrogen and oxygen atoms in total. The lowest BCUT2D eigenvalue weighted by atomic mass is 10.7. The quantitative estimate of drug-likeness (QED) is 0.377. The highest BCUT2D eigenvalue weighted by Crippen LogP contribution is 1.79. The number of nitrogens with zero attached hydrogens (tertiary/aromatic N) is 2. The first-order valence-electron chi connectivity index (χ1n) is 3.52. The second-order valence-corrected chi connectivity index (χ2v) is 3.19. The van der Waals surface area contributed by atoms with Gasteiger partial charge < -0.3 is 4.55 Å². The fraction of sp³-hybridized carbons (Fsp3) is 0.500. The van der Waals surface area contributed by atoms with Crippen molar-refractivity contribution in [2.45, 2.75) is 13.5 Å².